The molecule has 134 valence electrons. The number of carbonyl (C=O) groups excluding carboxylic acids is 2. The van der Waals surface area contributed by atoms with E-state index in [0.717, 1.165) is 17.7 Å². The van der Waals surface area contributed by atoms with Crippen LogP contribution in [0.25, 0.3) is 5.65 Å². The van der Waals surface area contributed by atoms with Crippen LogP contribution in [0.2, 0.25) is 0 Å². The van der Waals surface area contributed by atoms with Crippen molar-refractivity contribution in [2.75, 3.05) is 6.54 Å². The van der Waals surface area contributed by atoms with Crippen LogP contribution in [-0.2, 0) is 16.0 Å². The average Bonchev–Trinajstić information content (AvgIpc) is 3.08. The first-order chi connectivity index (χ1) is 12.5. The number of nitrogens with zero attached hydrogens (tertiary/aromatic N) is 2. The summed E-state index contributed by atoms with van der Waals surface area (Å²) in [5.74, 6) is -0.937. The van der Waals surface area contributed by atoms with E-state index in [4.69, 9.17) is 4.74 Å². The van der Waals surface area contributed by atoms with E-state index < -0.39 is 12.1 Å². The minimum atomic E-state index is -0.885. The SMILES string of the molecule is Cc1cccc2nc(C(=O)O[C@H](C)C(=O)NCCc3ccccc3)cn12. The number of aromatic nitrogens is 2. The first kappa shape index (κ1) is 17.7. The third kappa shape index (κ3) is 4.08. The van der Waals surface area contributed by atoms with Gasteiger partial charge in [0.1, 0.15) is 5.65 Å². The van der Waals surface area contributed by atoms with Gasteiger partial charge >= 0.3 is 5.97 Å². The lowest BCUT2D eigenvalue weighted by atomic mass is 10.1. The first-order valence-corrected chi connectivity index (χ1v) is 8.52. The molecule has 0 bridgehead atoms. The molecule has 0 aliphatic heterocycles. The summed E-state index contributed by atoms with van der Waals surface area (Å²) in [6.07, 6.45) is 1.45. The maximum absolute atomic E-state index is 12.3. The number of imidazole rings is 1. The number of fused-ring (bicyclic) bond motifs is 1. The summed E-state index contributed by atoms with van der Waals surface area (Å²) in [5, 5.41) is 2.78. The number of amides is 1. The Balaban J connectivity index is 1.54. The van der Waals surface area contributed by atoms with Crippen molar-refractivity contribution in [3.8, 4) is 0 Å². The number of esters is 1. The summed E-state index contributed by atoms with van der Waals surface area (Å²) in [4.78, 5) is 28.6. The number of nitrogens with one attached hydrogen (secondary N) is 1. The third-order valence-electron chi connectivity index (χ3n) is 4.11. The van der Waals surface area contributed by atoms with Crippen LogP contribution in [0.5, 0.6) is 0 Å². The summed E-state index contributed by atoms with van der Waals surface area (Å²) in [6.45, 7) is 3.96. The molecule has 0 spiro atoms. The number of pyridine rings is 1. The molecule has 0 unspecified atom stereocenters. The van der Waals surface area contributed by atoms with Gasteiger partial charge in [0.2, 0.25) is 0 Å². The number of benzene rings is 1. The molecule has 26 heavy (non-hydrogen) atoms. The van der Waals surface area contributed by atoms with E-state index in [-0.39, 0.29) is 11.6 Å². The van der Waals surface area contributed by atoms with Crippen LogP contribution >= 0.6 is 0 Å². The molecule has 3 aromatic rings. The second-order valence-electron chi connectivity index (χ2n) is 6.10. The fraction of sp³-hybridized carbons (Fsp3) is 0.250. The number of aryl methyl sites for hydroxylation is 1. The van der Waals surface area contributed by atoms with Crippen LogP contribution in [0, 0.1) is 6.92 Å². The second kappa shape index (κ2) is 7.82. The predicted molar refractivity (Wildman–Crippen MR) is 98.0 cm³/mol. The monoisotopic (exact) mass is 351 g/mol. The van der Waals surface area contributed by atoms with Crippen molar-refractivity contribution in [2.24, 2.45) is 0 Å². The number of rotatable bonds is 6. The van der Waals surface area contributed by atoms with Gasteiger partial charge in [-0.3, -0.25) is 4.79 Å². The normalized spacial score (nSPS) is 11.9. The topological polar surface area (TPSA) is 72.7 Å². The summed E-state index contributed by atoms with van der Waals surface area (Å²) in [6, 6.07) is 15.5. The van der Waals surface area contributed by atoms with Gasteiger partial charge in [0.15, 0.2) is 11.8 Å². The molecule has 0 saturated heterocycles. The van der Waals surface area contributed by atoms with Crippen LogP contribution in [0.3, 0.4) is 0 Å². The van der Waals surface area contributed by atoms with Gasteiger partial charge in [-0.2, -0.15) is 0 Å². The molecular formula is C20H21N3O3. The molecule has 1 N–H and O–H groups in total. The highest BCUT2D eigenvalue weighted by Crippen LogP contribution is 2.10. The van der Waals surface area contributed by atoms with Crippen LogP contribution in [0.15, 0.2) is 54.7 Å². The molecule has 2 heterocycles. The first-order valence-electron chi connectivity index (χ1n) is 8.52. The van der Waals surface area contributed by atoms with Crippen molar-refractivity contribution in [1.82, 2.24) is 14.7 Å². The fourth-order valence-electron chi connectivity index (χ4n) is 2.64. The van der Waals surface area contributed by atoms with Crippen LogP contribution < -0.4 is 5.32 Å². The van der Waals surface area contributed by atoms with E-state index in [0.29, 0.717) is 12.2 Å². The predicted octanol–water partition coefficient (Wildman–Crippen LogP) is 2.55. The lowest BCUT2D eigenvalue weighted by Crippen LogP contribution is -2.37. The Kier molecular flexibility index (Phi) is 5.31. The number of hydrogen-bond donors (Lipinski definition) is 1. The van der Waals surface area contributed by atoms with Gasteiger partial charge in [0.25, 0.3) is 5.91 Å². The Hall–Kier alpha value is -3.15. The molecule has 1 amide bonds. The van der Waals surface area contributed by atoms with Gasteiger partial charge in [0.05, 0.1) is 0 Å². The smallest absolute Gasteiger partial charge is 0.359 e. The molecule has 1 aromatic carbocycles. The van der Waals surface area contributed by atoms with Gasteiger partial charge in [-0.15, -0.1) is 0 Å². The van der Waals surface area contributed by atoms with E-state index in [9.17, 15) is 9.59 Å². The molecule has 0 aliphatic rings. The molecular weight excluding hydrogens is 330 g/mol. The molecule has 1 atom stereocenters. The summed E-state index contributed by atoms with van der Waals surface area (Å²) in [7, 11) is 0. The lowest BCUT2D eigenvalue weighted by Gasteiger charge is -2.12. The summed E-state index contributed by atoms with van der Waals surface area (Å²) in [5.41, 5.74) is 2.94. The molecule has 0 aliphatic carbocycles. The maximum atomic E-state index is 12.3. The molecule has 3 rings (SSSR count). The third-order valence-corrected chi connectivity index (χ3v) is 4.11. The fourth-order valence-corrected chi connectivity index (χ4v) is 2.64. The van der Waals surface area contributed by atoms with Crippen molar-refractivity contribution in [1.29, 1.82) is 0 Å². The van der Waals surface area contributed by atoms with Gasteiger partial charge in [-0.05, 0) is 38.0 Å². The second-order valence-corrected chi connectivity index (χ2v) is 6.10. The van der Waals surface area contributed by atoms with E-state index >= 15 is 0 Å². The summed E-state index contributed by atoms with van der Waals surface area (Å²) >= 11 is 0. The molecule has 0 radical (unpaired) electrons. The highest BCUT2D eigenvalue weighted by molar-refractivity contribution is 5.91. The Morgan fingerprint density at radius 2 is 1.92 bits per heavy atom. The lowest BCUT2D eigenvalue weighted by molar-refractivity contribution is -0.129. The molecule has 0 fully saturated rings. The average molecular weight is 351 g/mol. The van der Waals surface area contributed by atoms with Crippen LogP contribution in [0.1, 0.15) is 28.7 Å². The van der Waals surface area contributed by atoms with Gasteiger partial charge in [0, 0.05) is 18.4 Å². The zero-order valence-electron chi connectivity index (χ0n) is 14.8. The van der Waals surface area contributed by atoms with E-state index in [2.05, 4.69) is 10.3 Å². The van der Waals surface area contributed by atoms with Crippen molar-refractivity contribution in [3.63, 3.8) is 0 Å². The van der Waals surface area contributed by atoms with E-state index in [1.54, 1.807) is 17.5 Å². The number of ether oxygens (including phenoxy) is 1. The molecule has 2 aromatic heterocycles. The Labute approximate surface area is 151 Å². The van der Waals surface area contributed by atoms with Gasteiger partial charge in [-0.1, -0.05) is 36.4 Å². The standard InChI is InChI=1S/C20H21N3O3/c1-14-7-6-10-18-22-17(13-23(14)18)20(25)26-15(2)19(24)21-12-11-16-8-4-3-5-9-16/h3-10,13,15H,11-12H2,1-2H3,(H,21,24)/t15-/m1/s1. The maximum Gasteiger partial charge on any atom is 0.359 e. The number of carbonyl (C=O) groups is 2. The van der Waals surface area contributed by atoms with Crippen molar-refractivity contribution in [2.45, 2.75) is 26.4 Å². The van der Waals surface area contributed by atoms with E-state index in [1.807, 2.05) is 55.5 Å². The van der Waals surface area contributed by atoms with Gasteiger partial charge in [-0.25, -0.2) is 9.78 Å². The quantitative estimate of drug-likeness (QED) is 0.693. The zero-order chi connectivity index (χ0) is 18.5. The highest BCUT2D eigenvalue weighted by Gasteiger charge is 2.20. The minimum absolute atomic E-state index is 0.184. The van der Waals surface area contributed by atoms with E-state index in [1.165, 1.54) is 0 Å². The van der Waals surface area contributed by atoms with Crippen molar-refractivity contribution < 1.29 is 14.3 Å². The van der Waals surface area contributed by atoms with Gasteiger partial charge < -0.3 is 14.5 Å². The largest absolute Gasteiger partial charge is 0.448 e. The molecule has 6 nitrogen and oxygen atoms in total. The van der Waals surface area contributed by atoms with Crippen molar-refractivity contribution in [3.05, 3.63) is 71.7 Å². The highest BCUT2D eigenvalue weighted by atomic mass is 16.5. The van der Waals surface area contributed by atoms with Crippen LogP contribution in [-0.4, -0.2) is 33.9 Å². The minimum Gasteiger partial charge on any atom is -0.448 e. The summed E-state index contributed by atoms with van der Waals surface area (Å²) < 4.78 is 7.05. The Morgan fingerprint density at radius 1 is 1.15 bits per heavy atom. The van der Waals surface area contributed by atoms with Crippen molar-refractivity contribution >= 4 is 17.5 Å². The van der Waals surface area contributed by atoms with Crippen LogP contribution in [0.4, 0.5) is 0 Å². The molecule has 0 saturated carbocycles. The molecule has 6 heteroatoms. The Morgan fingerprint density at radius 3 is 2.65 bits per heavy atom. The zero-order valence-corrected chi connectivity index (χ0v) is 14.8. The number of hydrogen-bond acceptors (Lipinski definition) is 4. The Bertz CT molecular complexity index is 918.